The molecular weight excluding hydrogens is 321 g/mol. The average Bonchev–Trinajstić information content (AvgIpc) is 2.71. The molecule has 5 nitrogen and oxygen atoms in total. The summed E-state index contributed by atoms with van der Waals surface area (Å²) in [6, 6.07) is 0. The maximum atomic E-state index is 13.4. The summed E-state index contributed by atoms with van der Waals surface area (Å²) in [7, 11) is -3.40. The molecule has 0 aliphatic carbocycles. The SMILES string of the molecule is CCOP(=O)(OCC)C1N(C(=O)CC)C(C(C)C)SC1(C)C. The summed E-state index contributed by atoms with van der Waals surface area (Å²) in [6.45, 7) is 14.2. The van der Waals surface area contributed by atoms with Crippen LogP contribution in [0.25, 0.3) is 0 Å². The summed E-state index contributed by atoms with van der Waals surface area (Å²) >= 11 is 1.69. The summed E-state index contributed by atoms with van der Waals surface area (Å²) < 4.78 is 24.1. The highest BCUT2D eigenvalue weighted by Gasteiger charge is 2.59. The zero-order valence-corrected chi connectivity index (χ0v) is 16.5. The first-order valence-electron chi connectivity index (χ1n) is 8.02. The van der Waals surface area contributed by atoms with Crippen molar-refractivity contribution in [1.29, 1.82) is 0 Å². The molecule has 0 aromatic heterocycles. The molecule has 22 heavy (non-hydrogen) atoms. The van der Waals surface area contributed by atoms with E-state index in [0.717, 1.165) is 0 Å². The maximum absolute atomic E-state index is 13.4. The molecule has 1 fully saturated rings. The van der Waals surface area contributed by atoms with E-state index < -0.39 is 13.4 Å². The standard InChI is InChI=1S/C15H30NO4PS/c1-8-12(17)16-13(11(4)5)22-15(6,7)14(16)21(18,19-9-2)20-10-3/h11,13-14H,8-10H2,1-7H3. The predicted molar refractivity (Wildman–Crippen MR) is 92.1 cm³/mol. The van der Waals surface area contributed by atoms with Gasteiger partial charge in [-0.2, -0.15) is 0 Å². The smallest absolute Gasteiger partial charge is 0.314 e. The summed E-state index contributed by atoms with van der Waals surface area (Å²) in [5.41, 5.74) is 0. The first-order valence-corrected chi connectivity index (χ1v) is 10.5. The number of hydrogen-bond donors (Lipinski definition) is 0. The molecule has 0 aromatic carbocycles. The Morgan fingerprint density at radius 1 is 1.23 bits per heavy atom. The van der Waals surface area contributed by atoms with Gasteiger partial charge in [-0.25, -0.2) is 0 Å². The fourth-order valence-corrected chi connectivity index (χ4v) is 7.45. The maximum Gasteiger partial charge on any atom is 0.354 e. The molecule has 1 aliphatic heterocycles. The van der Waals surface area contributed by atoms with Crippen LogP contribution in [-0.2, 0) is 18.4 Å². The molecule has 2 atom stereocenters. The lowest BCUT2D eigenvalue weighted by Gasteiger charge is -2.37. The van der Waals surface area contributed by atoms with Crippen LogP contribution in [0.2, 0.25) is 0 Å². The van der Waals surface area contributed by atoms with Crippen LogP contribution >= 0.6 is 19.4 Å². The quantitative estimate of drug-likeness (QED) is 0.639. The lowest BCUT2D eigenvalue weighted by molar-refractivity contribution is -0.133. The van der Waals surface area contributed by atoms with E-state index in [1.54, 1.807) is 30.5 Å². The van der Waals surface area contributed by atoms with Gasteiger partial charge < -0.3 is 13.9 Å². The molecule has 7 heteroatoms. The molecule has 0 radical (unpaired) electrons. The zero-order chi connectivity index (χ0) is 17.1. The number of carbonyl (C=O) groups is 1. The van der Waals surface area contributed by atoms with Gasteiger partial charge in [0.25, 0.3) is 0 Å². The fourth-order valence-electron chi connectivity index (χ4n) is 2.89. The number of rotatable bonds is 7. The Bertz CT molecular complexity index is 431. The number of carbonyl (C=O) groups excluding carboxylic acids is 1. The third-order valence-electron chi connectivity index (χ3n) is 3.66. The second kappa shape index (κ2) is 7.69. The van der Waals surface area contributed by atoms with Gasteiger partial charge in [0.15, 0.2) is 0 Å². The minimum atomic E-state index is -3.40. The van der Waals surface area contributed by atoms with Gasteiger partial charge in [-0.15, -0.1) is 11.8 Å². The van der Waals surface area contributed by atoms with Gasteiger partial charge in [-0.3, -0.25) is 9.36 Å². The molecule has 0 N–H and O–H groups in total. The van der Waals surface area contributed by atoms with Crippen LogP contribution in [0.15, 0.2) is 0 Å². The minimum Gasteiger partial charge on any atom is -0.314 e. The molecule has 1 aliphatic rings. The van der Waals surface area contributed by atoms with Crippen LogP contribution in [0.1, 0.15) is 54.9 Å². The van der Waals surface area contributed by atoms with Gasteiger partial charge in [-0.1, -0.05) is 20.8 Å². The van der Waals surface area contributed by atoms with E-state index in [9.17, 15) is 9.36 Å². The van der Waals surface area contributed by atoms with E-state index in [4.69, 9.17) is 9.05 Å². The van der Waals surface area contributed by atoms with Crippen molar-refractivity contribution in [3.63, 3.8) is 0 Å². The molecular formula is C15H30NO4PS. The molecule has 130 valence electrons. The Morgan fingerprint density at radius 3 is 2.09 bits per heavy atom. The van der Waals surface area contributed by atoms with Crippen molar-refractivity contribution in [1.82, 2.24) is 4.90 Å². The third-order valence-corrected chi connectivity index (χ3v) is 8.41. The van der Waals surface area contributed by atoms with Gasteiger partial charge in [0.2, 0.25) is 5.91 Å². The first-order chi connectivity index (χ1) is 10.1. The highest BCUT2D eigenvalue weighted by Crippen LogP contribution is 2.65. The summed E-state index contributed by atoms with van der Waals surface area (Å²) in [5.74, 6) is -0.285. The number of hydrogen-bond acceptors (Lipinski definition) is 5. The Labute approximate surface area is 139 Å². The summed E-state index contributed by atoms with van der Waals surface area (Å²) in [4.78, 5) is 14.3. The van der Waals surface area contributed by atoms with E-state index in [0.29, 0.717) is 19.6 Å². The highest BCUT2D eigenvalue weighted by atomic mass is 32.2. The molecule has 1 saturated heterocycles. The normalized spacial score (nSPS) is 25.0. The van der Waals surface area contributed by atoms with Crippen molar-refractivity contribution in [2.24, 2.45) is 5.92 Å². The topological polar surface area (TPSA) is 55.8 Å². The monoisotopic (exact) mass is 351 g/mol. The largest absolute Gasteiger partial charge is 0.354 e. The molecule has 0 bridgehead atoms. The van der Waals surface area contributed by atoms with Crippen LogP contribution in [0.3, 0.4) is 0 Å². The molecule has 1 heterocycles. The average molecular weight is 351 g/mol. The van der Waals surface area contributed by atoms with Crippen molar-refractivity contribution in [3.8, 4) is 0 Å². The van der Waals surface area contributed by atoms with Crippen LogP contribution in [0, 0.1) is 5.92 Å². The second-order valence-electron chi connectivity index (χ2n) is 6.26. The van der Waals surface area contributed by atoms with E-state index in [2.05, 4.69) is 13.8 Å². The van der Waals surface area contributed by atoms with E-state index in [1.165, 1.54) is 0 Å². The van der Waals surface area contributed by atoms with Crippen molar-refractivity contribution in [2.45, 2.75) is 70.8 Å². The molecule has 0 aromatic rings. The van der Waals surface area contributed by atoms with Crippen molar-refractivity contribution in [3.05, 3.63) is 0 Å². The number of thioether (sulfide) groups is 1. The highest BCUT2D eigenvalue weighted by molar-refractivity contribution is 8.01. The number of amides is 1. The van der Waals surface area contributed by atoms with Crippen LogP contribution in [0.4, 0.5) is 0 Å². The first kappa shape index (κ1) is 20.0. The van der Waals surface area contributed by atoms with E-state index in [-0.39, 0.29) is 21.9 Å². The van der Waals surface area contributed by atoms with Crippen LogP contribution in [-0.4, -0.2) is 39.9 Å². The Balaban J connectivity index is 3.36. The Morgan fingerprint density at radius 2 is 1.73 bits per heavy atom. The zero-order valence-electron chi connectivity index (χ0n) is 14.8. The van der Waals surface area contributed by atoms with Crippen molar-refractivity contribution < 1.29 is 18.4 Å². The van der Waals surface area contributed by atoms with Gasteiger partial charge >= 0.3 is 7.60 Å². The minimum absolute atomic E-state index is 0.00130. The van der Waals surface area contributed by atoms with E-state index >= 15 is 0 Å². The summed E-state index contributed by atoms with van der Waals surface area (Å²) in [5, 5.41) is -0.0123. The molecule has 1 rings (SSSR count). The Hall–Kier alpha value is -0.0300. The van der Waals surface area contributed by atoms with E-state index in [1.807, 2.05) is 20.8 Å². The van der Waals surface area contributed by atoms with Gasteiger partial charge in [-0.05, 0) is 33.6 Å². The summed E-state index contributed by atoms with van der Waals surface area (Å²) in [6.07, 6.45) is 0.384. The van der Waals surface area contributed by atoms with Gasteiger partial charge in [0.05, 0.1) is 18.6 Å². The Kier molecular flexibility index (Phi) is 7.00. The van der Waals surface area contributed by atoms with Crippen molar-refractivity contribution in [2.75, 3.05) is 13.2 Å². The molecule has 1 amide bonds. The third kappa shape index (κ3) is 3.89. The lowest BCUT2D eigenvalue weighted by Crippen LogP contribution is -2.47. The lowest BCUT2D eigenvalue weighted by atomic mass is 10.1. The van der Waals surface area contributed by atoms with Crippen LogP contribution in [0.5, 0.6) is 0 Å². The van der Waals surface area contributed by atoms with Crippen molar-refractivity contribution >= 4 is 25.3 Å². The second-order valence-corrected chi connectivity index (χ2v) is 10.1. The van der Waals surface area contributed by atoms with Crippen LogP contribution < -0.4 is 0 Å². The fraction of sp³-hybridized carbons (Fsp3) is 0.933. The van der Waals surface area contributed by atoms with Gasteiger partial charge in [0.1, 0.15) is 5.78 Å². The number of nitrogens with zero attached hydrogens (tertiary/aromatic N) is 1. The molecule has 0 saturated carbocycles. The molecule has 0 spiro atoms. The predicted octanol–water partition coefficient (Wildman–Crippen LogP) is 4.32. The molecule has 2 unspecified atom stereocenters. The van der Waals surface area contributed by atoms with Gasteiger partial charge in [0, 0.05) is 11.2 Å².